The molecule has 6 heteroatoms. The Morgan fingerprint density at radius 3 is 2.85 bits per heavy atom. The molecule has 0 bridgehead atoms. The fourth-order valence-corrected chi connectivity index (χ4v) is 4.95. The standard InChI is InChI=1S/C21H18BrNO4/c1-25-21(24)14-7-3-6-12-11-4-2-5-13(11)20(23-19(12)14)15-8-17-18(9-16(15)22)27-10-26-17/h2-4,6-9,11,13,20,23H,5,10H2,1H3/t11-,13+,20-/m1/s1. The van der Waals surface area contributed by atoms with Crippen LogP contribution in [0, 0.1) is 5.92 Å². The number of hydrogen-bond acceptors (Lipinski definition) is 5. The maximum Gasteiger partial charge on any atom is 0.339 e. The molecule has 5 nitrogen and oxygen atoms in total. The van der Waals surface area contributed by atoms with Gasteiger partial charge in [0.25, 0.3) is 0 Å². The maximum atomic E-state index is 12.3. The highest BCUT2D eigenvalue weighted by Crippen LogP contribution is 2.53. The van der Waals surface area contributed by atoms with Crippen LogP contribution in [-0.2, 0) is 4.74 Å². The lowest BCUT2D eigenvalue weighted by Gasteiger charge is -2.38. The Kier molecular flexibility index (Phi) is 3.90. The summed E-state index contributed by atoms with van der Waals surface area (Å²) in [6, 6.07) is 9.85. The Morgan fingerprint density at radius 2 is 2.04 bits per heavy atom. The molecule has 2 aromatic rings. The van der Waals surface area contributed by atoms with Crippen molar-refractivity contribution in [2.75, 3.05) is 19.2 Å². The van der Waals surface area contributed by atoms with E-state index in [0.717, 1.165) is 39.2 Å². The number of anilines is 1. The van der Waals surface area contributed by atoms with Gasteiger partial charge in [0.1, 0.15) is 0 Å². The van der Waals surface area contributed by atoms with Crippen LogP contribution in [0.5, 0.6) is 11.5 Å². The molecule has 0 unspecified atom stereocenters. The summed E-state index contributed by atoms with van der Waals surface area (Å²) in [6.45, 7) is 0.242. The van der Waals surface area contributed by atoms with Gasteiger partial charge in [-0.1, -0.05) is 40.2 Å². The molecule has 0 radical (unpaired) electrons. The summed E-state index contributed by atoms with van der Waals surface area (Å²) in [5.41, 5.74) is 3.66. The molecule has 138 valence electrons. The molecule has 5 rings (SSSR count). The van der Waals surface area contributed by atoms with Gasteiger partial charge >= 0.3 is 5.97 Å². The predicted octanol–water partition coefficient (Wildman–Crippen LogP) is 4.79. The van der Waals surface area contributed by atoms with Gasteiger partial charge in [0, 0.05) is 10.4 Å². The van der Waals surface area contributed by atoms with Gasteiger partial charge in [-0.15, -0.1) is 0 Å². The summed E-state index contributed by atoms with van der Waals surface area (Å²) in [4.78, 5) is 12.3. The highest BCUT2D eigenvalue weighted by Gasteiger charge is 2.40. The molecule has 3 atom stereocenters. The van der Waals surface area contributed by atoms with Crippen molar-refractivity contribution >= 4 is 27.6 Å². The first-order chi connectivity index (χ1) is 13.2. The summed E-state index contributed by atoms with van der Waals surface area (Å²) in [7, 11) is 1.41. The Hall–Kier alpha value is -2.47. The summed E-state index contributed by atoms with van der Waals surface area (Å²) in [6.07, 6.45) is 5.45. The van der Waals surface area contributed by atoms with Gasteiger partial charge in [0.15, 0.2) is 11.5 Å². The molecule has 0 aromatic heterocycles. The second kappa shape index (κ2) is 6.30. The van der Waals surface area contributed by atoms with E-state index in [4.69, 9.17) is 14.2 Å². The lowest BCUT2D eigenvalue weighted by Crippen LogP contribution is -2.30. The third-order valence-corrected chi connectivity index (χ3v) is 6.32. The van der Waals surface area contributed by atoms with Gasteiger partial charge in [-0.25, -0.2) is 4.79 Å². The molecule has 0 amide bonds. The van der Waals surface area contributed by atoms with Crippen LogP contribution in [0.1, 0.15) is 39.9 Å². The molecule has 2 aliphatic heterocycles. The first-order valence-corrected chi connectivity index (χ1v) is 9.70. The molecule has 0 saturated carbocycles. The number of para-hydroxylation sites is 1. The Morgan fingerprint density at radius 1 is 1.22 bits per heavy atom. The van der Waals surface area contributed by atoms with Crippen molar-refractivity contribution in [3.8, 4) is 11.5 Å². The summed E-state index contributed by atoms with van der Waals surface area (Å²) in [5.74, 6) is 1.79. The van der Waals surface area contributed by atoms with Crippen LogP contribution in [0.15, 0.2) is 47.0 Å². The number of allylic oxidation sites excluding steroid dienone is 2. The van der Waals surface area contributed by atoms with Gasteiger partial charge in [-0.3, -0.25) is 0 Å². The van der Waals surface area contributed by atoms with Crippen LogP contribution >= 0.6 is 15.9 Å². The zero-order valence-corrected chi connectivity index (χ0v) is 16.3. The van der Waals surface area contributed by atoms with Crippen LogP contribution in [0.2, 0.25) is 0 Å². The summed E-state index contributed by atoms with van der Waals surface area (Å²) >= 11 is 3.70. The highest BCUT2D eigenvalue weighted by atomic mass is 79.9. The summed E-state index contributed by atoms with van der Waals surface area (Å²) in [5, 5.41) is 3.63. The first-order valence-electron chi connectivity index (χ1n) is 8.91. The number of nitrogens with one attached hydrogen (secondary N) is 1. The molecule has 2 aromatic carbocycles. The molecule has 0 saturated heterocycles. The third-order valence-electron chi connectivity index (χ3n) is 5.63. The normalized spacial score (nSPS) is 24.1. The number of rotatable bonds is 2. The van der Waals surface area contributed by atoms with E-state index in [1.165, 1.54) is 7.11 Å². The van der Waals surface area contributed by atoms with E-state index >= 15 is 0 Å². The average Bonchev–Trinajstić information content (AvgIpc) is 3.34. The second-order valence-corrected chi connectivity index (χ2v) is 7.82. The van der Waals surface area contributed by atoms with Crippen molar-refractivity contribution in [2.24, 2.45) is 5.92 Å². The largest absolute Gasteiger partial charge is 0.465 e. The predicted molar refractivity (Wildman–Crippen MR) is 104 cm³/mol. The van der Waals surface area contributed by atoms with E-state index in [0.29, 0.717) is 11.5 Å². The number of benzene rings is 2. The van der Waals surface area contributed by atoms with E-state index in [1.807, 2.05) is 24.3 Å². The van der Waals surface area contributed by atoms with E-state index in [1.54, 1.807) is 0 Å². The number of carbonyl (C=O) groups excluding carboxylic acids is 1. The van der Waals surface area contributed by atoms with Gasteiger partial charge in [0.2, 0.25) is 6.79 Å². The number of halogens is 1. The first kappa shape index (κ1) is 16.7. The maximum absolute atomic E-state index is 12.3. The van der Waals surface area contributed by atoms with Gasteiger partial charge in [0.05, 0.1) is 24.4 Å². The second-order valence-electron chi connectivity index (χ2n) is 6.96. The Labute approximate surface area is 165 Å². The molecule has 2 heterocycles. The number of esters is 1. The van der Waals surface area contributed by atoms with Gasteiger partial charge in [-0.2, -0.15) is 0 Å². The van der Waals surface area contributed by atoms with Crippen molar-refractivity contribution in [3.63, 3.8) is 0 Å². The molecule has 0 fully saturated rings. The number of methoxy groups -OCH3 is 1. The Bertz CT molecular complexity index is 971. The summed E-state index contributed by atoms with van der Waals surface area (Å²) < 4.78 is 17.0. The molecule has 0 spiro atoms. The van der Waals surface area contributed by atoms with E-state index in [2.05, 4.69) is 39.5 Å². The third kappa shape index (κ3) is 2.54. The monoisotopic (exact) mass is 427 g/mol. The highest BCUT2D eigenvalue weighted by molar-refractivity contribution is 9.10. The fraction of sp³-hybridized carbons (Fsp3) is 0.286. The van der Waals surface area contributed by atoms with Gasteiger partial charge < -0.3 is 19.5 Å². The van der Waals surface area contributed by atoms with E-state index in [-0.39, 0.29) is 24.7 Å². The number of ether oxygens (including phenoxy) is 3. The van der Waals surface area contributed by atoms with Gasteiger partial charge in [-0.05, 0) is 41.7 Å². The van der Waals surface area contributed by atoms with Crippen molar-refractivity contribution in [2.45, 2.75) is 18.4 Å². The smallest absolute Gasteiger partial charge is 0.339 e. The van der Waals surface area contributed by atoms with Crippen LogP contribution in [0.3, 0.4) is 0 Å². The number of fused-ring (bicyclic) bond motifs is 4. The Balaban J connectivity index is 1.64. The van der Waals surface area contributed by atoms with Crippen LogP contribution in [0.25, 0.3) is 0 Å². The van der Waals surface area contributed by atoms with Crippen LogP contribution in [0.4, 0.5) is 5.69 Å². The molecule has 27 heavy (non-hydrogen) atoms. The fourth-order valence-electron chi connectivity index (χ4n) is 4.38. The minimum absolute atomic E-state index is 0.0344. The zero-order chi connectivity index (χ0) is 18.5. The quantitative estimate of drug-likeness (QED) is 0.551. The van der Waals surface area contributed by atoms with Crippen LogP contribution < -0.4 is 14.8 Å². The van der Waals surface area contributed by atoms with E-state index < -0.39 is 0 Å². The SMILES string of the molecule is COC(=O)c1cccc2c1N[C@@H](c1cc3c(cc1Br)OCO3)[C@H]1CC=C[C@H]21. The topological polar surface area (TPSA) is 56.8 Å². The van der Waals surface area contributed by atoms with E-state index in [9.17, 15) is 4.79 Å². The minimum atomic E-state index is -0.330. The van der Waals surface area contributed by atoms with Crippen molar-refractivity contribution in [1.29, 1.82) is 0 Å². The minimum Gasteiger partial charge on any atom is -0.465 e. The molecular formula is C21H18BrNO4. The molecular weight excluding hydrogens is 410 g/mol. The number of carbonyl (C=O) groups is 1. The number of hydrogen-bond donors (Lipinski definition) is 1. The zero-order valence-electron chi connectivity index (χ0n) is 14.7. The van der Waals surface area contributed by atoms with Crippen molar-refractivity contribution in [3.05, 3.63) is 63.6 Å². The van der Waals surface area contributed by atoms with Crippen molar-refractivity contribution < 1.29 is 19.0 Å². The van der Waals surface area contributed by atoms with Crippen LogP contribution in [-0.4, -0.2) is 19.9 Å². The molecule has 1 aliphatic carbocycles. The lowest BCUT2D eigenvalue weighted by molar-refractivity contribution is 0.0601. The van der Waals surface area contributed by atoms with Crippen molar-refractivity contribution in [1.82, 2.24) is 0 Å². The molecule has 1 N–H and O–H groups in total. The lowest BCUT2D eigenvalue weighted by atomic mass is 9.76. The molecule has 3 aliphatic rings. The average molecular weight is 428 g/mol.